The fourth-order valence-corrected chi connectivity index (χ4v) is 6.22. The van der Waals surface area contributed by atoms with Gasteiger partial charge >= 0.3 is 0 Å². The van der Waals surface area contributed by atoms with Gasteiger partial charge in [0.1, 0.15) is 30.3 Å². The summed E-state index contributed by atoms with van der Waals surface area (Å²) in [6.07, 6.45) is 3.47. The van der Waals surface area contributed by atoms with Crippen LogP contribution in [0.3, 0.4) is 0 Å². The highest BCUT2D eigenvalue weighted by molar-refractivity contribution is 6.01. The molecular formula is C40H45N5O7. The number of aromatic hydroxyl groups is 1. The number of nitrogens with two attached hydrogens (primary N) is 1. The molecule has 0 heterocycles. The monoisotopic (exact) mass is 707 g/mol. The Morgan fingerprint density at radius 3 is 1.98 bits per heavy atom. The second-order valence-corrected chi connectivity index (χ2v) is 12.6. The number of amides is 4. The number of anilines is 1. The Morgan fingerprint density at radius 2 is 1.38 bits per heavy atom. The molecule has 0 saturated carbocycles. The van der Waals surface area contributed by atoms with Gasteiger partial charge in [-0.1, -0.05) is 42.5 Å². The van der Waals surface area contributed by atoms with Crippen LogP contribution in [-0.2, 0) is 38.4 Å². The van der Waals surface area contributed by atoms with E-state index in [1.165, 1.54) is 10.5 Å². The van der Waals surface area contributed by atoms with Crippen molar-refractivity contribution in [2.24, 2.45) is 5.73 Å². The number of methoxy groups -OCH3 is 2. The van der Waals surface area contributed by atoms with Crippen molar-refractivity contribution in [2.75, 3.05) is 51.8 Å². The smallest absolute Gasteiger partial charge is 0.243 e. The van der Waals surface area contributed by atoms with E-state index in [2.05, 4.69) is 10.6 Å². The summed E-state index contributed by atoms with van der Waals surface area (Å²) in [5, 5.41) is 15.7. The number of hydrogen-bond acceptors (Lipinski definition) is 8. The predicted octanol–water partition coefficient (Wildman–Crippen LogP) is 3.28. The van der Waals surface area contributed by atoms with Crippen LogP contribution in [0.25, 0.3) is 0 Å². The first-order chi connectivity index (χ1) is 25.1. The zero-order valence-electron chi connectivity index (χ0n) is 29.5. The summed E-state index contributed by atoms with van der Waals surface area (Å²) in [5.74, 6) is -0.809. The van der Waals surface area contributed by atoms with Gasteiger partial charge in [0, 0.05) is 5.69 Å². The zero-order chi connectivity index (χ0) is 37.0. The standard InChI is InChI=1S/C40H45N5O7/c1-51-34-16-9-29(10-17-34)40(30-11-18-35(52-2)19-12-30)43-37(48)25-44(24-36(41)47)39(50)26-45(32-13-8-28-4-3-5-31(28)22-32)38(49)23-42-21-20-27-6-14-33(46)15-7-27/h6-19,22,40,42,46H,3-5,20-21,23-26H2,1-2H3,(H2,41,47)(H,43,48). The van der Waals surface area contributed by atoms with Crippen molar-refractivity contribution < 1.29 is 33.8 Å². The molecule has 12 nitrogen and oxygen atoms in total. The van der Waals surface area contributed by atoms with Gasteiger partial charge in [-0.05, 0) is 109 Å². The number of primary amides is 1. The topological polar surface area (TPSA) is 164 Å². The molecule has 5 N–H and O–H groups in total. The Hall–Kier alpha value is -5.88. The quantitative estimate of drug-likeness (QED) is 0.122. The lowest BCUT2D eigenvalue weighted by Crippen LogP contribution is -2.50. The number of ether oxygens (including phenoxy) is 2. The average Bonchev–Trinajstić information content (AvgIpc) is 3.63. The highest BCUT2D eigenvalue weighted by Gasteiger charge is 2.27. The number of phenols is 1. The maximum atomic E-state index is 13.9. The molecule has 0 aromatic heterocycles. The van der Waals surface area contributed by atoms with Crippen LogP contribution in [0.15, 0.2) is 91.0 Å². The van der Waals surface area contributed by atoms with Crippen LogP contribution in [0.5, 0.6) is 17.2 Å². The Balaban J connectivity index is 1.32. The Kier molecular flexibility index (Phi) is 12.8. The first kappa shape index (κ1) is 37.4. The van der Waals surface area contributed by atoms with E-state index >= 15 is 0 Å². The first-order valence-corrected chi connectivity index (χ1v) is 17.2. The summed E-state index contributed by atoms with van der Waals surface area (Å²) in [4.78, 5) is 55.9. The lowest BCUT2D eigenvalue weighted by Gasteiger charge is -2.28. The summed E-state index contributed by atoms with van der Waals surface area (Å²) in [6.45, 7) is -0.955. The maximum Gasteiger partial charge on any atom is 0.243 e. The molecule has 4 amide bonds. The van der Waals surface area contributed by atoms with Crippen molar-refractivity contribution in [1.82, 2.24) is 15.5 Å². The maximum absolute atomic E-state index is 13.9. The molecule has 272 valence electrons. The van der Waals surface area contributed by atoms with Gasteiger partial charge in [-0.2, -0.15) is 0 Å². The number of hydrogen-bond donors (Lipinski definition) is 4. The molecule has 0 bridgehead atoms. The molecule has 4 aromatic carbocycles. The Bertz CT molecular complexity index is 1800. The molecule has 1 aliphatic carbocycles. The molecule has 0 radical (unpaired) electrons. The van der Waals surface area contributed by atoms with Gasteiger partial charge < -0.3 is 40.7 Å². The van der Waals surface area contributed by atoms with Crippen LogP contribution in [0.2, 0.25) is 0 Å². The van der Waals surface area contributed by atoms with Crippen molar-refractivity contribution in [3.63, 3.8) is 0 Å². The number of phenolic OH excluding ortho intramolecular Hbond substituents is 1. The number of carbonyl (C=O) groups is 4. The minimum atomic E-state index is -0.797. The Morgan fingerprint density at radius 1 is 0.769 bits per heavy atom. The Labute approximate surface area is 303 Å². The van der Waals surface area contributed by atoms with E-state index in [-0.39, 0.29) is 18.2 Å². The predicted molar refractivity (Wildman–Crippen MR) is 197 cm³/mol. The van der Waals surface area contributed by atoms with E-state index in [0.29, 0.717) is 30.2 Å². The SMILES string of the molecule is COc1ccc(C(NC(=O)CN(CC(N)=O)C(=O)CN(C(=O)CNCCc2ccc(O)cc2)c2ccc3c(c2)CCC3)c2ccc(OC)cc2)cc1. The van der Waals surface area contributed by atoms with Gasteiger partial charge in [-0.25, -0.2) is 0 Å². The van der Waals surface area contributed by atoms with E-state index in [0.717, 1.165) is 46.4 Å². The number of benzene rings is 4. The second kappa shape index (κ2) is 17.9. The molecular weight excluding hydrogens is 662 g/mol. The molecule has 1 aliphatic rings. The molecule has 0 saturated heterocycles. The third kappa shape index (κ3) is 10.1. The second-order valence-electron chi connectivity index (χ2n) is 12.6. The van der Waals surface area contributed by atoms with E-state index in [9.17, 15) is 24.3 Å². The number of nitrogens with zero attached hydrogens (tertiary/aromatic N) is 2. The highest BCUT2D eigenvalue weighted by atomic mass is 16.5. The summed E-state index contributed by atoms with van der Waals surface area (Å²) in [6, 6.07) is 26.5. The number of aryl methyl sites for hydroxylation is 2. The van der Waals surface area contributed by atoms with Gasteiger partial charge in [-0.3, -0.25) is 19.2 Å². The molecule has 52 heavy (non-hydrogen) atoms. The molecule has 5 rings (SSSR count). The van der Waals surface area contributed by atoms with Crippen LogP contribution in [-0.4, -0.2) is 80.6 Å². The minimum Gasteiger partial charge on any atom is -0.508 e. The van der Waals surface area contributed by atoms with E-state index < -0.39 is 43.4 Å². The average molecular weight is 708 g/mol. The fourth-order valence-electron chi connectivity index (χ4n) is 6.22. The van der Waals surface area contributed by atoms with Crippen LogP contribution < -0.4 is 30.7 Å². The molecule has 4 aromatic rings. The van der Waals surface area contributed by atoms with Crippen LogP contribution >= 0.6 is 0 Å². The van der Waals surface area contributed by atoms with E-state index in [4.69, 9.17) is 15.2 Å². The molecule has 0 aliphatic heterocycles. The summed E-state index contributed by atoms with van der Waals surface area (Å²) >= 11 is 0. The fraction of sp³-hybridized carbons (Fsp3) is 0.300. The molecule has 0 unspecified atom stereocenters. The number of rotatable bonds is 17. The molecule has 0 fully saturated rings. The summed E-state index contributed by atoms with van der Waals surface area (Å²) in [7, 11) is 3.13. The van der Waals surface area contributed by atoms with Gasteiger partial charge in [0.15, 0.2) is 0 Å². The third-order valence-electron chi connectivity index (χ3n) is 9.03. The number of nitrogens with one attached hydrogen (secondary N) is 2. The van der Waals surface area contributed by atoms with Crippen LogP contribution in [0.1, 0.15) is 40.3 Å². The summed E-state index contributed by atoms with van der Waals surface area (Å²) < 4.78 is 10.6. The van der Waals surface area contributed by atoms with Gasteiger partial charge in [0.05, 0.1) is 33.4 Å². The first-order valence-electron chi connectivity index (χ1n) is 17.2. The van der Waals surface area contributed by atoms with Gasteiger partial charge in [0.25, 0.3) is 0 Å². The van der Waals surface area contributed by atoms with E-state index in [1.54, 1.807) is 50.6 Å². The largest absolute Gasteiger partial charge is 0.508 e. The molecule has 12 heteroatoms. The van der Waals surface area contributed by atoms with Crippen molar-refractivity contribution in [1.29, 1.82) is 0 Å². The van der Waals surface area contributed by atoms with Crippen molar-refractivity contribution >= 4 is 29.3 Å². The highest BCUT2D eigenvalue weighted by Crippen LogP contribution is 2.28. The van der Waals surface area contributed by atoms with Gasteiger partial charge in [0.2, 0.25) is 23.6 Å². The van der Waals surface area contributed by atoms with Crippen molar-refractivity contribution in [3.8, 4) is 17.2 Å². The van der Waals surface area contributed by atoms with Crippen LogP contribution in [0, 0.1) is 0 Å². The lowest BCUT2D eigenvalue weighted by molar-refractivity contribution is -0.138. The molecule has 0 atom stereocenters. The lowest BCUT2D eigenvalue weighted by atomic mass is 9.98. The van der Waals surface area contributed by atoms with Crippen molar-refractivity contribution in [3.05, 3.63) is 119 Å². The van der Waals surface area contributed by atoms with Crippen molar-refractivity contribution in [2.45, 2.75) is 31.7 Å². The number of fused-ring (bicyclic) bond motifs is 1. The van der Waals surface area contributed by atoms with Crippen LogP contribution in [0.4, 0.5) is 5.69 Å². The zero-order valence-corrected chi connectivity index (χ0v) is 29.5. The number of carbonyl (C=O) groups excluding carboxylic acids is 4. The minimum absolute atomic E-state index is 0.0514. The molecule has 0 spiro atoms. The summed E-state index contributed by atoms with van der Waals surface area (Å²) in [5.41, 5.74) is 11.0. The van der Waals surface area contributed by atoms with E-state index in [1.807, 2.05) is 54.6 Å². The normalized spacial score (nSPS) is 11.8. The van der Waals surface area contributed by atoms with Gasteiger partial charge in [-0.15, -0.1) is 0 Å². The third-order valence-corrected chi connectivity index (χ3v) is 9.03.